The molecule has 0 fully saturated rings. The Labute approximate surface area is 223 Å². The van der Waals surface area contributed by atoms with E-state index in [1.807, 2.05) is 12.1 Å². The first-order valence-corrected chi connectivity index (χ1v) is 12.2. The normalized spacial score (nSPS) is 14.2. The van der Waals surface area contributed by atoms with Crippen molar-refractivity contribution in [2.75, 3.05) is 11.4 Å². The van der Waals surface area contributed by atoms with Gasteiger partial charge in [-0.1, -0.05) is 47.5 Å². The molecule has 4 rings (SSSR count). The first kappa shape index (κ1) is 26.2. The molecule has 8 nitrogen and oxygen atoms in total. The van der Waals surface area contributed by atoms with E-state index in [2.05, 4.69) is 10.3 Å². The fourth-order valence-corrected chi connectivity index (χ4v) is 4.74. The number of anilines is 1. The van der Waals surface area contributed by atoms with Crippen molar-refractivity contribution in [2.24, 2.45) is 10.7 Å². The van der Waals surface area contributed by atoms with E-state index in [-0.39, 0.29) is 27.9 Å². The van der Waals surface area contributed by atoms with E-state index in [0.29, 0.717) is 41.3 Å². The highest BCUT2D eigenvalue weighted by atomic mass is 35.5. The molecular formula is C27H24Cl2N4O4. The number of hydrogen-bond acceptors (Lipinski definition) is 4. The third-order valence-electron chi connectivity index (χ3n) is 5.96. The lowest BCUT2D eigenvalue weighted by Crippen LogP contribution is -2.42. The minimum absolute atomic E-state index is 0.0202. The van der Waals surface area contributed by atoms with Crippen LogP contribution in [-0.4, -0.2) is 41.3 Å². The smallest absolute Gasteiger partial charge is 0.326 e. The average molecular weight is 539 g/mol. The highest BCUT2D eigenvalue weighted by molar-refractivity contribution is 6.39. The number of hydrogen-bond donors (Lipinski definition) is 3. The van der Waals surface area contributed by atoms with Gasteiger partial charge in [0.2, 0.25) is 0 Å². The molecule has 4 N–H and O–H groups in total. The molecule has 0 spiro atoms. The summed E-state index contributed by atoms with van der Waals surface area (Å²) in [6.45, 7) is 2.19. The maximum absolute atomic E-state index is 13.2. The summed E-state index contributed by atoms with van der Waals surface area (Å²) in [5.41, 5.74) is 9.18. The number of nitrogens with two attached hydrogens (primary N) is 1. The predicted molar refractivity (Wildman–Crippen MR) is 144 cm³/mol. The zero-order valence-corrected chi connectivity index (χ0v) is 21.4. The molecule has 10 heteroatoms. The molecule has 0 unspecified atom stereocenters. The van der Waals surface area contributed by atoms with E-state index in [0.717, 1.165) is 5.56 Å². The minimum atomic E-state index is -1.21. The summed E-state index contributed by atoms with van der Waals surface area (Å²) in [5.74, 6) is -1.62. The second-order valence-corrected chi connectivity index (χ2v) is 9.45. The lowest BCUT2D eigenvalue weighted by Gasteiger charge is -2.29. The van der Waals surface area contributed by atoms with Gasteiger partial charge in [0.25, 0.3) is 11.8 Å². The van der Waals surface area contributed by atoms with Gasteiger partial charge < -0.3 is 21.1 Å². The average Bonchev–Trinajstić information content (AvgIpc) is 2.84. The predicted octanol–water partition coefficient (Wildman–Crippen LogP) is 4.63. The van der Waals surface area contributed by atoms with Crippen LogP contribution in [0.1, 0.15) is 38.8 Å². The van der Waals surface area contributed by atoms with Crippen LogP contribution in [0.25, 0.3) is 0 Å². The molecule has 0 saturated carbocycles. The molecule has 1 aliphatic rings. The van der Waals surface area contributed by atoms with Gasteiger partial charge in [-0.3, -0.25) is 9.59 Å². The standard InChI is InChI=1S/C27H24Cl2N4O4/c1-15(30)31-18-8-7-17-11-12-33(26(35)20(17)14-18)19-9-5-16(6-10-19)13-23(27(36)37)32-25(34)24-21(28)3-2-4-22(24)29/h2-10,14,23H,11-13H2,1H3,(H2,30,31)(H,32,34)(H,36,37)/t23-/m0/s1. The molecule has 0 radical (unpaired) electrons. The van der Waals surface area contributed by atoms with Crippen LogP contribution in [0.3, 0.4) is 0 Å². The topological polar surface area (TPSA) is 125 Å². The van der Waals surface area contributed by atoms with Crippen LogP contribution < -0.4 is 16.0 Å². The number of carbonyl (C=O) groups excluding carboxylic acids is 2. The van der Waals surface area contributed by atoms with Crippen molar-refractivity contribution in [3.05, 3.63) is 93.0 Å². The quantitative estimate of drug-likeness (QED) is 0.298. The zero-order valence-electron chi connectivity index (χ0n) is 19.9. The van der Waals surface area contributed by atoms with Crippen LogP contribution in [0.2, 0.25) is 10.0 Å². The molecule has 0 bridgehead atoms. The summed E-state index contributed by atoms with van der Waals surface area (Å²) in [5, 5.41) is 12.4. The molecule has 1 aliphatic heterocycles. The van der Waals surface area contributed by atoms with E-state index in [4.69, 9.17) is 28.9 Å². The maximum Gasteiger partial charge on any atom is 0.326 e. The van der Waals surface area contributed by atoms with Crippen LogP contribution in [-0.2, 0) is 17.6 Å². The van der Waals surface area contributed by atoms with Crippen LogP contribution in [0.15, 0.2) is 65.7 Å². The summed E-state index contributed by atoms with van der Waals surface area (Å²) in [4.78, 5) is 43.7. The highest BCUT2D eigenvalue weighted by Crippen LogP contribution is 2.28. The van der Waals surface area contributed by atoms with Crippen molar-refractivity contribution in [1.82, 2.24) is 5.32 Å². The van der Waals surface area contributed by atoms with E-state index < -0.39 is 17.9 Å². The number of nitrogens with zero attached hydrogens (tertiary/aromatic N) is 2. The molecule has 2 amide bonds. The van der Waals surface area contributed by atoms with Gasteiger partial charge in [-0.05, 0) is 60.9 Å². The number of benzene rings is 3. The minimum Gasteiger partial charge on any atom is -0.480 e. The summed E-state index contributed by atoms with van der Waals surface area (Å²) < 4.78 is 0. The SMILES string of the molecule is CC(N)=Nc1ccc2c(c1)C(=O)N(c1ccc(C[C@H](NC(=O)c3c(Cl)cccc3Cl)C(=O)O)cc1)CC2. The summed E-state index contributed by atoms with van der Waals surface area (Å²) in [7, 11) is 0. The number of aliphatic imine (C=N–C) groups is 1. The molecule has 190 valence electrons. The number of amides is 2. The van der Waals surface area contributed by atoms with Crippen LogP contribution in [0, 0.1) is 0 Å². The number of aliphatic carboxylic acids is 1. The van der Waals surface area contributed by atoms with Crippen LogP contribution >= 0.6 is 23.2 Å². The summed E-state index contributed by atoms with van der Waals surface area (Å²) in [6, 6.07) is 15.9. The van der Waals surface area contributed by atoms with Gasteiger partial charge in [-0.2, -0.15) is 0 Å². The molecular weight excluding hydrogens is 515 g/mol. The number of carboxylic acids is 1. The van der Waals surface area contributed by atoms with Crippen LogP contribution in [0.4, 0.5) is 11.4 Å². The van der Waals surface area contributed by atoms with Crippen molar-refractivity contribution >= 4 is 58.2 Å². The number of nitrogens with one attached hydrogen (secondary N) is 1. The van der Waals surface area contributed by atoms with Crippen molar-refractivity contribution in [3.8, 4) is 0 Å². The summed E-state index contributed by atoms with van der Waals surface area (Å²) >= 11 is 12.2. The Kier molecular flexibility index (Phi) is 7.80. The van der Waals surface area contributed by atoms with Crippen LogP contribution in [0.5, 0.6) is 0 Å². The van der Waals surface area contributed by atoms with Gasteiger partial charge >= 0.3 is 5.97 Å². The molecule has 37 heavy (non-hydrogen) atoms. The van der Waals surface area contributed by atoms with Gasteiger partial charge in [0.15, 0.2) is 0 Å². The molecule has 1 atom stereocenters. The van der Waals surface area contributed by atoms with Gasteiger partial charge in [-0.15, -0.1) is 0 Å². The first-order chi connectivity index (χ1) is 17.6. The third kappa shape index (κ3) is 5.93. The molecule has 3 aromatic carbocycles. The second-order valence-electron chi connectivity index (χ2n) is 8.63. The van der Waals surface area contributed by atoms with Gasteiger partial charge in [0.05, 0.1) is 27.1 Å². The number of fused-ring (bicyclic) bond motifs is 1. The van der Waals surface area contributed by atoms with E-state index in [9.17, 15) is 19.5 Å². The number of carbonyl (C=O) groups is 3. The Morgan fingerprint density at radius 2 is 1.78 bits per heavy atom. The lowest BCUT2D eigenvalue weighted by atomic mass is 9.97. The van der Waals surface area contributed by atoms with E-state index in [1.165, 1.54) is 12.1 Å². The zero-order chi connectivity index (χ0) is 26.7. The lowest BCUT2D eigenvalue weighted by molar-refractivity contribution is -0.139. The largest absolute Gasteiger partial charge is 0.480 e. The van der Waals surface area contributed by atoms with Gasteiger partial charge in [-0.25, -0.2) is 9.79 Å². The Morgan fingerprint density at radius 1 is 1.11 bits per heavy atom. The van der Waals surface area contributed by atoms with E-state index in [1.54, 1.807) is 48.2 Å². The highest BCUT2D eigenvalue weighted by Gasteiger charge is 2.27. The fourth-order valence-electron chi connectivity index (χ4n) is 4.17. The second kappa shape index (κ2) is 11.0. The fraction of sp³-hybridized carbons (Fsp3) is 0.185. The molecule has 1 heterocycles. The molecule has 3 aromatic rings. The maximum atomic E-state index is 13.2. The van der Waals surface area contributed by atoms with Crippen molar-refractivity contribution in [2.45, 2.75) is 25.8 Å². The van der Waals surface area contributed by atoms with Gasteiger partial charge in [0.1, 0.15) is 6.04 Å². The van der Waals surface area contributed by atoms with Gasteiger partial charge in [0, 0.05) is 24.2 Å². The number of rotatable bonds is 7. The monoisotopic (exact) mass is 538 g/mol. The Hall–Kier alpha value is -3.88. The Morgan fingerprint density at radius 3 is 2.41 bits per heavy atom. The van der Waals surface area contributed by atoms with Crippen molar-refractivity contribution < 1.29 is 19.5 Å². The summed E-state index contributed by atoms with van der Waals surface area (Å²) in [6.07, 6.45) is 0.714. The Bertz CT molecular complexity index is 1380. The van der Waals surface area contributed by atoms with E-state index >= 15 is 0 Å². The first-order valence-electron chi connectivity index (χ1n) is 11.5. The molecule has 0 aliphatic carbocycles. The number of halogens is 2. The number of amidine groups is 1. The Balaban J connectivity index is 1.49. The third-order valence-corrected chi connectivity index (χ3v) is 6.59. The van der Waals surface area contributed by atoms with Crippen molar-refractivity contribution in [1.29, 1.82) is 0 Å². The number of carboxylic acid groups (broad SMARTS) is 1. The molecule has 0 saturated heterocycles. The van der Waals surface area contributed by atoms with Crippen molar-refractivity contribution in [3.63, 3.8) is 0 Å². The molecule has 0 aromatic heterocycles.